The highest BCUT2D eigenvalue weighted by Crippen LogP contribution is 2.08. The van der Waals surface area contributed by atoms with Crippen molar-refractivity contribution < 1.29 is 0 Å². The third kappa shape index (κ3) is 5.77. The van der Waals surface area contributed by atoms with E-state index in [-0.39, 0.29) is 0 Å². The first-order valence-electron chi connectivity index (χ1n) is 8.53. The van der Waals surface area contributed by atoms with Crippen LogP contribution in [-0.4, -0.2) is 55.1 Å². The maximum Gasteiger partial charge on any atom is 0.0234 e. The zero-order chi connectivity index (χ0) is 14.9. The number of nitrogens with zero attached hydrogens (tertiary/aromatic N) is 2. The summed E-state index contributed by atoms with van der Waals surface area (Å²) in [5, 5.41) is 3.66. The number of benzene rings is 1. The van der Waals surface area contributed by atoms with Gasteiger partial charge in [-0.25, -0.2) is 0 Å². The molecule has 3 nitrogen and oxygen atoms in total. The van der Waals surface area contributed by atoms with Crippen LogP contribution in [0.15, 0.2) is 30.3 Å². The van der Waals surface area contributed by atoms with E-state index in [9.17, 15) is 0 Å². The molecule has 0 bridgehead atoms. The van der Waals surface area contributed by atoms with Crippen LogP contribution in [0.3, 0.4) is 0 Å². The molecule has 1 aromatic carbocycles. The van der Waals surface area contributed by atoms with E-state index in [1.807, 2.05) is 0 Å². The van der Waals surface area contributed by atoms with Gasteiger partial charge in [-0.05, 0) is 18.4 Å². The normalized spacial score (nSPS) is 17.5. The average molecular weight is 289 g/mol. The molecular formula is C18H31N3. The largest absolute Gasteiger partial charge is 0.313 e. The number of hydrogen-bond acceptors (Lipinski definition) is 3. The lowest BCUT2D eigenvalue weighted by Gasteiger charge is -2.35. The molecule has 0 aliphatic carbocycles. The fourth-order valence-electron chi connectivity index (χ4n) is 3.02. The lowest BCUT2D eigenvalue weighted by molar-refractivity contribution is 0.127. The number of hydrogen-bond donors (Lipinski definition) is 1. The second-order valence-corrected chi connectivity index (χ2v) is 6.07. The Kier molecular flexibility index (Phi) is 7.20. The van der Waals surface area contributed by atoms with E-state index in [1.165, 1.54) is 51.1 Å². The monoisotopic (exact) mass is 289 g/mol. The SMILES string of the molecule is CCC(CC)NCCN1CCN(Cc2ccccc2)CC1. The van der Waals surface area contributed by atoms with Gasteiger partial charge in [-0.2, -0.15) is 0 Å². The lowest BCUT2D eigenvalue weighted by Crippen LogP contribution is -2.48. The van der Waals surface area contributed by atoms with Crippen molar-refractivity contribution >= 4 is 0 Å². The molecular weight excluding hydrogens is 258 g/mol. The summed E-state index contributed by atoms with van der Waals surface area (Å²) in [7, 11) is 0. The standard InChI is InChI=1S/C18H31N3/c1-3-18(4-2)19-10-11-20-12-14-21(15-13-20)16-17-8-6-5-7-9-17/h5-9,18-19H,3-4,10-16H2,1-2H3. The van der Waals surface area contributed by atoms with Gasteiger partial charge in [-0.3, -0.25) is 9.80 Å². The maximum atomic E-state index is 3.66. The molecule has 0 aromatic heterocycles. The van der Waals surface area contributed by atoms with Crippen molar-refractivity contribution in [3.05, 3.63) is 35.9 Å². The minimum Gasteiger partial charge on any atom is -0.313 e. The van der Waals surface area contributed by atoms with Crippen molar-refractivity contribution in [3.63, 3.8) is 0 Å². The van der Waals surface area contributed by atoms with Crippen LogP contribution in [0.25, 0.3) is 0 Å². The summed E-state index contributed by atoms with van der Waals surface area (Å²) in [4.78, 5) is 5.16. The van der Waals surface area contributed by atoms with E-state index in [0.717, 1.165) is 13.1 Å². The third-order valence-electron chi connectivity index (χ3n) is 4.56. The van der Waals surface area contributed by atoms with Crippen LogP contribution in [0, 0.1) is 0 Å². The second-order valence-electron chi connectivity index (χ2n) is 6.07. The smallest absolute Gasteiger partial charge is 0.0234 e. The van der Waals surface area contributed by atoms with Gasteiger partial charge in [0.25, 0.3) is 0 Å². The van der Waals surface area contributed by atoms with Crippen LogP contribution >= 0.6 is 0 Å². The second kappa shape index (κ2) is 9.19. The van der Waals surface area contributed by atoms with Crippen LogP contribution in [0.5, 0.6) is 0 Å². The number of rotatable bonds is 8. The minimum absolute atomic E-state index is 0.698. The predicted octanol–water partition coefficient (Wildman–Crippen LogP) is 2.58. The quantitative estimate of drug-likeness (QED) is 0.793. The Morgan fingerprint density at radius 3 is 2.19 bits per heavy atom. The Labute approximate surface area is 130 Å². The highest BCUT2D eigenvalue weighted by Gasteiger charge is 2.16. The summed E-state index contributed by atoms with van der Waals surface area (Å²) in [6.07, 6.45) is 2.47. The highest BCUT2D eigenvalue weighted by molar-refractivity contribution is 5.14. The lowest BCUT2D eigenvalue weighted by atomic mass is 10.2. The Hall–Kier alpha value is -0.900. The topological polar surface area (TPSA) is 18.5 Å². The molecule has 3 heteroatoms. The summed E-state index contributed by atoms with van der Waals surface area (Å²) < 4.78 is 0. The van der Waals surface area contributed by atoms with Crippen molar-refractivity contribution in [1.29, 1.82) is 0 Å². The molecule has 0 atom stereocenters. The van der Waals surface area contributed by atoms with E-state index >= 15 is 0 Å². The van der Waals surface area contributed by atoms with Gasteiger partial charge < -0.3 is 5.32 Å². The molecule has 1 fully saturated rings. The first kappa shape index (κ1) is 16.5. The Bertz CT molecular complexity index is 367. The minimum atomic E-state index is 0.698. The molecule has 1 aliphatic rings. The Morgan fingerprint density at radius 1 is 0.952 bits per heavy atom. The zero-order valence-electron chi connectivity index (χ0n) is 13.7. The molecule has 0 radical (unpaired) electrons. The summed E-state index contributed by atoms with van der Waals surface area (Å²) in [5.74, 6) is 0. The van der Waals surface area contributed by atoms with E-state index in [2.05, 4.69) is 59.3 Å². The van der Waals surface area contributed by atoms with E-state index in [1.54, 1.807) is 0 Å². The van der Waals surface area contributed by atoms with Gasteiger partial charge in [-0.1, -0.05) is 44.2 Å². The van der Waals surface area contributed by atoms with Gasteiger partial charge in [0.15, 0.2) is 0 Å². The number of nitrogens with one attached hydrogen (secondary N) is 1. The van der Waals surface area contributed by atoms with Crippen LogP contribution in [0.4, 0.5) is 0 Å². The summed E-state index contributed by atoms with van der Waals surface area (Å²) in [5.41, 5.74) is 1.43. The van der Waals surface area contributed by atoms with Crippen molar-refractivity contribution in [1.82, 2.24) is 15.1 Å². The molecule has 2 rings (SSSR count). The first-order valence-corrected chi connectivity index (χ1v) is 8.53. The fourth-order valence-corrected chi connectivity index (χ4v) is 3.02. The van der Waals surface area contributed by atoms with Gasteiger partial charge >= 0.3 is 0 Å². The van der Waals surface area contributed by atoms with Crippen molar-refractivity contribution in [3.8, 4) is 0 Å². The van der Waals surface area contributed by atoms with Crippen molar-refractivity contribution in [2.45, 2.75) is 39.3 Å². The third-order valence-corrected chi connectivity index (χ3v) is 4.56. The highest BCUT2D eigenvalue weighted by atomic mass is 15.3. The molecule has 0 amide bonds. The van der Waals surface area contributed by atoms with E-state index in [4.69, 9.17) is 0 Å². The summed E-state index contributed by atoms with van der Waals surface area (Å²) in [6, 6.07) is 11.5. The van der Waals surface area contributed by atoms with Crippen LogP contribution in [0.1, 0.15) is 32.3 Å². The van der Waals surface area contributed by atoms with Gasteiger partial charge in [0, 0.05) is 51.9 Å². The fraction of sp³-hybridized carbons (Fsp3) is 0.667. The molecule has 21 heavy (non-hydrogen) atoms. The van der Waals surface area contributed by atoms with Gasteiger partial charge in [0.1, 0.15) is 0 Å². The van der Waals surface area contributed by atoms with E-state index < -0.39 is 0 Å². The Balaban J connectivity index is 1.62. The molecule has 118 valence electrons. The molecule has 1 saturated heterocycles. The molecule has 1 heterocycles. The molecule has 1 aromatic rings. The summed E-state index contributed by atoms with van der Waals surface area (Å²) in [6.45, 7) is 12.8. The van der Waals surface area contributed by atoms with Gasteiger partial charge in [0.05, 0.1) is 0 Å². The molecule has 1 N–H and O–H groups in total. The predicted molar refractivity (Wildman–Crippen MR) is 90.5 cm³/mol. The Morgan fingerprint density at radius 2 is 1.57 bits per heavy atom. The molecule has 0 unspecified atom stereocenters. The van der Waals surface area contributed by atoms with Crippen LogP contribution in [-0.2, 0) is 6.54 Å². The number of piperazine rings is 1. The van der Waals surface area contributed by atoms with Crippen LogP contribution in [0.2, 0.25) is 0 Å². The molecule has 0 saturated carbocycles. The van der Waals surface area contributed by atoms with Crippen molar-refractivity contribution in [2.24, 2.45) is 0 Å². The summed E-state index contributed by atoms with van der Waals surface area (Å²) >= 11 is 0. The first-order chi connectivity index (χ1) is 10.3. The molecule has 0 spiro atoms. The van der Waals surface area contributed by atoms with Gasteiger partial charge in [0.2, 0.25) is 0 Å². The zero-order valence-corrected chi connectivity index (χ0v) is 13.7. The van der Waals surface area contributed by atoms with Gasteiger partial charge in [-0.15, -0.1) is 0 Å². The average Bonchev–Trinajstić information content (AvgIpc) is 2.54. The van der Waals surface area contributed by atoms with E-state index in [0.29, 0.717) is 6.04 Å². The van der Waals surface area contributed by atoms with Crippen molar-refractivity contribution in [2.75, 3.05) is 39.3 Å². The maximum absolute atomic E-state index is 3.66. The molecule has 1 aliphatic heterocycles. The van der Waals surface area contributed by atoms with Crippen LogP contribution < -0.4 is 5.32 Å².